The van der Waals surface area contributed by atoms with Crippen LogP contribution >= 0.6 is 27.5 Å². The van der Waals surface area contributed by atoms with E-state index in [4.69, 9.17) is 17.4 Å². The molecule has 0 aliphatic rings. The molecule has 7 heteroatoms. The SMILES string of the molecule is CCc1nn(CC)c(CC(NN)c2ccc(Cl)nc2)c1Br. The Hall–Kier alpha value is -0.950. The second kappa shape index (κ2) is 7.35. The average molecular weight is 373 g/mol. The molecule has 21 heavy (non-hydrogen) atoms. The Morgan fingerprint density at radius 1 is 1.43 bits per heavy atom. The summed E-state index contributed by atoms with van der Waals surface area (Å²) in [6.07, 6.45) is 3.36. The Balaban J connectivity index is 2.30. The number of hydrogen-bond donors (Lipinski definition) is 2. The van der Waals surface area contributed by atoms with E-state index in [0.29, 0.717) is 5.15 Å². The average Bonchev–Trinajstić information content (AvgIpc) is 2.81. The maximum Gasteiger partial charge on any atom is 0.129 e. The molecule has 0 aliphatic carbocycles. The second-order valence-corrected chi connectivity index (χ2v) is 5.89. The number of nitrogens with zero attached hydrogens (tertiary/aromatic N) is 3. The van der Waals surface area contributed by atoms with Gasteiger partial charge in [0.15, 0.2) is 0 Å². The number of nitrogens with two attached hydrogens (primary N) is 1. The first-order chi connectivity index (χ1) is 10.1. The van der Waals surface area contributed by atoms with Crippen molar-refractivity contribution in [2.24, 2.45) is 5.84 Å². The van der Waals surface area contributed by atoms with E-state index in [-0.39, 0.29) is 6.04 Å². The zero-order chi connectivity index (χ0) is 15.4. The van der Waals surface area contributed by atoms with Crippen molar-refractivity contribution in [3.05, 3.63) is 44.9 Å². The molecular formula is C14H19BrClN5. The third kappa shape index (κ3) is 3.63. The molecule has 2 aromatic rings. The number of nitrogens with one attached hydrogen (secondary N) is 1. The van der Waals surface area contributed by atoms with Crippen LogP contribution in [0.1, 0.15) is 36.8 Å². The van der Waals surface area contributed by atoms with Crippen LogP contribution in [0.3, 0.4) is 0 Å². The van der Waals surface area contributed by atoms with E-state index in [2.05, 4.69) is 45.3 Å². The topological polar surface area (TPSA) is 68.8 Å². The molecule has 5 nitrogen and oxygen atoms in total. The summed E-state index contributed by atoms with van der Waals surface area (Å²) in [5.74, 6) is 5.72. The van der Waals surface area contributed by atoms with Gasteiger partial charge in [-0.05, 0) is 40.9 Å². The molecule has 0 fully saturated rings. The number of hydrogen-bond acceptors (Lipinski definition) is 4. The third-order valence-electron chi connectivity index (χ3n) is 3.45. The molecular weight excluding hydrogens is 354 g/mol. The van der Waals surface area contributed by atoms with E-state index in [1.54, 1.807) is 12.3 Å². The Kier molecular flexibility index (Phi) is 5.75. The van der Waals surface area contributed by atoms with Crippen molar-refractivity contribution in [3.8, 4) is 0 Å². The Labute approximate surface area is 138 Å². The van der Waals surface area contributed by atoms with Crippen molar-refractivity contribution in [1.29, 1.82) is 0 Å². The highest BCUT2D eigenvalue weighted by Crippen LogP contribution is 2.27. The number of aryl methyl sites for hydroxylation is 2. The molecule has 1 atom stereocenters. The summed E-state index contributed by atoms with van der Waals surface area (Å²) < 4.78 is 3.07. The first kappa shape index (κ1) is 16.4. The van der Waals surface area contributed by atoms with Crippen LogP contribution in [-0.4, -0.2) is 14.8 Å². The Morgan fingerprint density at radius 3 is 2.71 bits per heavy atom. The van der Waals surface area contributed by atoms with Gasteiger partial charge in [-0.3, -0.25) is 16.0 Å². The summed E-state index contributed by atoms with van der Waals surface area (Å²) in [4.78, 5) is 4.11. The predicted octanol–water partition coefficient (Wildman–Crippen LogP) is 3.02. The van der Waals surface area contributed by atoms with Gasteiger partial charge < -0.3 is 0 Å². The Bertz CT molecular complexity index is 596. The molecule has 0 saturated heterocycles. The highest BCUT2D eigenvalue weighted by Gasteiger charge is 2.19. The molecule has 0 spiro atoms. The lowest BCUT2D eigenvalue weighted by Crippen LogP contribution is -2.30. The summed E-state index contributed by atoms with van der Waals surface area (Å²) in [5.41, 5.74) is 6.04. The summed E-state index contributed by atoms with van der Waals surface area (Å²) in [5, 5.41) is 5.08. The fourth-order valence-corrected chi connectivity index (χ4v) is 3.11. The molecule has 1 unspecified atom stereocenters. The van der Waals surface area contributed by atoms with Gasteiger partial charge in [-0.25, -0.2) is 4.98 Å². The van der Waals surface area contributed by atoms with Crippen LogP contribution in [0, 0.1) is 0 Å². The lowest BCUT2D eigenvalue weighted by Gasteiger charge is -2.17. The van der Waals surface area contributed by atoms with E-state index in [1.165, 1.54) is 0 Å². The molecule has 114 valence electrons. The van der Waals surface area contributed by atoms with Crippen molar-refractivity contribution >= 4 is 27.5 Å². The normalized spacial score (nSPS) is 12.6. The number of aromatic nitrogens is 3. The minimum absolute atomic E-state index is 0.0437. The van der Waals surface area contributed by atoms with Gasteiger partial charge in [0, 0.05) is 19.2 Å². The molecule has 0 bridgehead atoms. The largest absolute Gasteiger partial charge is 0.271 e. The zero-order valence-electron chi connectivity index (χ0n) is 12.1. The third-order valence-corrected chi connectivity index (χ3v) is 4.58. The van der Waals surface area contributed by atoms with Gasteiger partial charge in [-0.2, -0.15) is 5.10 Å². The number of hydrazine groups is 1. The number of halogens is 2. The standard InChI is InChI=1S/C14H19BrClN5/c1-3-10-14(15)12(21(4-2)20-10)7-11(19-17)9-5-6-13(16)18-8-9/h5-6,8,11,19H,3-4,7,17H2,1-2H3. The van der Waals surface area contributed by atoms with Crippen LogP contribution in [0.4, 0.5) is 0 Å². The molecule has 3 N–H and O–H groups in total. The number of pyridine rings is 1. The van der Waals surface area contributed by atoms with Crippen molar-refractivity contribution in [2.75, 3.05) is 0 Å². The van der Waals surface area contributed by atoms with Gasteiger partial charge in [0.05, 0.1) is 21.9 Å². The minimum atomic E-state index is -0.0437. The molecule has 0 saturated carbocycles. The molecule has 0 aliphatic heterocycles. The van der Waals surface area contributed by atoms with Crippen LogP contribution in [0.15, 0.2) is 22.8 Å². The molecule has 2 rings (SSSR count). The second-order valence-electron chi connectivity index (χ2n) is 4.71. The smallest absolute Gasteiger partial charge is 0.129 e. The molecule has 0 radical (unpaired) electrons. The van der Waals surface area contributed by atoms with E-state index in [0.717, 1.165) is 40.8 Å². The molecule has 0 amide bonds. The summed E-state index contributed by atoms with van der Waals surface area (Å²) >= 11 is 9.49. The molecule has 0 aromatic carbocycles. The van der Waals surface area contributed by atoms with Gasteiger partial charge in [-0.15, -0.1) is 0 Å². The first-order valence-corrected chi connectivity index (χ1v) is 8.09. The maximum atomic E-state index is 5.83. The van der Waals surface area contributed by atoms with Crippen molar-refractivity contribution in [3.63, 3.8) is 0 Å². The Morgan fingerprint density at radius 2 is 2.19 bits per heavy atom. The summed E-state index contributed by atoms with van der Waals surface area (Å²) in [7, 11) is 0. The van der Waals surface area contributed by atoms with E-state index >= 15 is 0 Å². The van der Waals surface area contributed by atoms with E-state index < -0.39 is 0 Å². The molecule has 2 heterocycles. The number of rotatable bonds is 6. The first-order valence-electron chi connectivity index (χ1n) is 6.92. The van der Waals surface area contributed by atoms with Crippen LogP contribution in [0.25, 0.3) is 0 Å². The van der Waals surface area contributed by atoms with Crippen LogP contribution < -0.4 is 11.3 Å². The summed E-state index contributed by atoms with van der Waals surface area (Å²) in [6, 6.07) is 3.66. The van der Waals surface area contributed by atoms with Crippen molar-refractivity contribution in [2.45, 2.75) is 39.3 Å². The summed E-state index contributed by atoms with van der Waals surface area (Å²) in [6.45, 7) is 5.00. The quantitative estimate of drug-likeness (QED) is 0.464. The van der Waals surface area contributed by atoms with Crippen molar-refractivity contribution in [1.82, 2.24) is 20.2 Å². The zero-order valence-corrected chi connectivity index (χ0v) is 14.4. The van der Waals surface area contributed by atoms with Gasteiger partial charge in [0.1, 0.15) is 5.15 Å². The van der Waals surface area contributed by atoms with Gasteiger partial charge in [-0.1, -0.05) is 24.6 Å². The van der Waals surface area contributed by atoms with Gasteiger partial charge >= 0.3 is 0 Å². The van der Waals surface area contributed by atoms with Crippen molar-refractivity contribution < 1.29 is 0 Å². The van der Waals surface area contributed by atoms with Crippen LogP contribution in [0.5, 0.6) is 0 Å². The molecule has 2 aromatic heterocycles. The van der Waals surface area contributed by atoms with Crippen LogP contribution in [0.2, 0.25) is 5.15 Å². The maximum absolute atomic E-state index is 5.83. The monoisotopic (exact) mass is 371 g/mol. The van der Waals surface area contributed by atoms with Crippen LogP contribution in [-0.2, 0) is 19.4 Å². The predicted molar refractivity (Wildman–Crippen MR) is 88.0 cm³/mol. The van der Waals surface area contributed by atoms with Gasteiger partial charge in [0.2, 0.25) is 0 Å². The highest BCUT2D eigenvalue weighted by atomic mass is 79.9. The minimum Gasteiger partial charge on any atom is -0.271 e. The van der Waals surface area contributed by atoms with Gasteiger partial charge in [0.25, 0.3) is 0 Å². The lowest BCUT2D eigenvalue weighted by atomic mass is 10.0. The van der Waals surface area contributed by atoms with E-state index in [9.17, 15) is 0 Å². The fourth-order valence-electron chi connectivity index (χ4n) is 2.27. The fraction of sp³-hybridized carbons (Fsp3) is 0.429. The highest BCUT2D eigenvalue weighted by molar-refractivity contribution is 9.10. The van der Waals surface area contributed by atoms with E-state index in [1.807, 2.05) is 10.7 Å². The lowest BCUT2D eigenvalue weighted by molar-refractivity contribution is 0.514.